The highest BCUT2D eigenvalue weighted by Gasteiger charge is 2.26. The third kappa shape index (κ3) is 5.63. The van der Waals surface area contributed by atoms with Gasteiger partial charge in [-0.3, -0.25) is 14.5 Å². The predicted molar refractivity (Wildman–Crippen MR) is 120 cm³/mol. The summed E-state index contributed by atoms with van der Waals surface area (Å²) in [5, 5.41) is 2.70. The van der Waals surface area contributed by atoms with E-state index in [1.807, 2.05) is 4.90 Å². The SMILES string of the molecule is CN(C)S(=O)(=O)c1cc(C(=O)N2CCN(CC(=O)Nc3cccc(F)c3)CC2)ccc1Cl. The fourth-order valence-corrected chi connectivity index (χ4v) is 4.69. The Morgan fingerprint density at radius 3 is 2.41 bits per heavy atom. The molecule has 172 valence electrons. The Bertz CT molecular complexity index is 1120. The minimum absolute atomic E-state index is 0.0457. The summed E-state index contributed by atoms with van der Waals surface area (Å²) >= 11 is 6.05. The normalized spacial score (nSPS) is 15.1. The summed E-state index contributed by atoms with van der Waals surface area (Å²) in [5.41, 5.74) is 0.613. The number of nitrogens with one attached hydrogen (secondary N) is 1. The van der Waals surface area contributed by atoms with E-state index in [0.717, 1.165) is 4.31 Å². The minimum atomic E-state index is -3.79. The van der Waals surface area contributed by atoms with Gasteiger partial charge in [-0.2, -0.15) is 0 Å². The van der Waals surface area contributed by atoms with Gasteiger partial charge >= 0.3 is 0 Å². The van der Waals surface area contributed by atoms with Gasteiger partial charge < -0.3 is 10.2 Å². The van der Waals surface area contributed by atoms with Crippen LogP contribution in [-0.2, 0) is 14.8 Å². The first-order valence-electron chi connectivity index (χ1n) is 9.87. The van der Waals surface area contributed by atoms with E-state index < -0.39 is 15.8 Å². The molecule has 1 heterocycles. The van der Waals surface area contributed by atoms with E-state index in [-0.39, 0.29) is 33.8 Å². The van der Waals surface area contributed by atoms with E-state index in [9.17, 15) is 22.4 Å². The van der Waals surface area contributed by atoms with E-state index in [1.54, 1.807) is 11.0 Å². The molecule has 0 aromatic heterocycles. The summed E-state index contributed by atoms with van der Waals surface area (Å²) in [6.45, 7) is 1.82. The van der Waals surface area contributed by atoms with Crippen molar-refractivity contribution >= 4 is 39.1 Å². The molecular weight excluding hydrogens is 459 g/mol. The molecule has 0 aliphatic carbocycles. The number of halogens is 2. The lowest BCUT2D eigenvalue weighted by atomic mass is 10.2. The van der Waals surface area contributed by atoms with Crippen molar-refractivity contribution in [1.82, 2.24) is 14.1 Å². The van der Waals surface area contributed by atoms with Crippen LogP contribution in [0.5, 0.6) is 0 Å². The lowest BCUT2D eigenvalue weighted by molar-refractivity contribution is -0.117. The van der Waals surface area contributed by atoms with Crippen LogP contribution in [0.15, 0.2) is 47.4 Å². The van der Waals surface area contributed by atoms with Gasteiger partial charge in [-0.05, 0) is 36.4 Å². The Labute approximate surface area is 191 Å². The third-order valence-electron chi connectivity index (χ3n) is 5.07. The molecule has 0 unspecified atom stereocenters. The highest BCUT2D eigenvalue weighted by Crippen LogP contribution is 2.25. The van der Waals surface area contributed by atoms with E-state index in [4.69, 9.17) is 11.6 Å². The maximum Gasteiger partial charge on any atom is 0.253 e. The fraction of sp³-hybridized carbons (Fsp3) is 0.333. The number of nitrogens with zero attached hydrogens (tertiary/aromatic N) is 3. The maximum atomic E-state index is 13.2. The summed E-state index contributed by atoms with van der Waals surface area (Å²) in [6.07, 6.45) is 0. The lowest BCUT2D eigenvalue weighted by Gasteiger charge is -2.34. The number of sulfonamides is 1. The van der Waals surface area contributed by atoms with Crippen molar-refractivity contribution in [2.45, 2.75) is 4.90 Å². The van der Waals surface area contributed by atoms with Crippen LogP contribution < -0.4 is 5.32 Å². The van der Waals surface area contributed by atoms with Gasteiger partial charge in [-0.15, -0.1) is 0 Å². The molecule has 0 spiro atoms. The second kappa shape index (κ2) is 9.95. The molecule has 1 aliphatic rings. The van der Waals surface area contributed by atoms with E-state index in [1.165, 1.54) is 50.5 Å². The number of carbonyl (C=O) groups excluding carboxylic acids is 2. The van der Waals surface area contributed by atoms with Gasteiger partial charge in [0.25, 0.3) is 5.91 Å². The second-order valence-electron chi connectivity index (χ2n) is 7.56. The number of piperazine rings is 1. The average Bonchev–Trinajstić information content (AvgIpc) is 2.74. The predicted octanol–water partition coefficient (Wildman–Crippen LogP) is 2.13. The fourth-order valence-electron chi connectivity index (χ4n) is 3.29. The first-order chi connectivity index (χ1) is 15.1. The standard InChI is InChI=1S/C21H24ClFN4O4S/c1-25(2)32(30,31)19-12-15(6-7-18(19)22)21(29)27-10-8-26(9-11-27)14-20(28)24-17-5-3-4-16(23)13-17/h3-7,12-13H,8-11,14H2,1-2H3,(H,24,28). The smallest absolute Gasteiger partial charge is 0.253 e. The van der Waals surface area contributed by atoms with Crippen molar-refractivity contribution in [2.75, 3.05) is 52.1 Å². The maximum absolute atomic E-state index is 13.2. The van der Waals surface area contributed by atoms with Gasteiger partial charge in [-0.25, -0.2) is 17.1 Å². The Morgan fingerprint density at radius 1 is 1.09 bits per heavy atom. The quantitative estimate of drug-likeness (QED) is 0.681. The summed E-state index contributed by atoms with van der Waals surface area (Å²) in [4.78, 5) is 28.5. The van der Waals surface area contributed by atoms with E-state index >= 15 is 0 Å². The van der Waals surface area contributed by atoms with Crippen LogP contribution >= 0.6 is 11.6 Å². The zero-order valence-corrected chi connectivity index (χ0v) is 19.3. The largest absolute Gasteiger partial charge is 0.336 e. The third-order valence-corrected chi connectivity index (χ3v) is 7.37. The first-order valence-corrected chi connectivity index (χ1v) is 11.7. The van der Waals surface area contributed by atoms with Crippen molar-refractivity contribution in [3.8, 4) is 0 Å². The topological polar surface area (TPSA) is 90.0 Å². The van der Waals surface area contributed by atoms with E-state index in [0.29, 0.717) is 31.9 Å². The van der Waals surface area contributed by atoms with Crippen LogP contribution in [0.4, 0.5) is 10.1 Å². The Kier molecular flexibility index (Phi) is 7.50. The summed E-state index contributed by atoms with van der Waals surface area (Å²) in [7, 11) is -1.01. The highest BCUT2D eigenvalue weighted by atomic mass is 35.5. The zero-order valence-electron chi connectivity index (χ0n) is 17.7. The van der Waals surface area contributed by atoms with Crippen molar-refractivity contribution in [2.24, 2.45) is 0 Å². The Morgan fingerprint density at radius 2 is 1.78 bits per heavy atom. The summed E-state index contributed by atoms with van der Waals surface area (Å²) < 4.78 is 39.2. The van der Waals surface area contributed by atoms with Gasteiger partial charge in [0, 0.05) is 51.5 Å². The Balaban J connectivity index is 1.59. The molecule has 2 aromatic rings. The molecule has 0 saturated carbocycles. The Hall–Kier alpha value is -2.53. The molecule has 0 bridgehead atoms. The summed E-state index contributed by atoms with van der Waals surface area (Å²) in [6, 6.07) is 9.85. The van der Waals surface area contributed by atoms with Crippen LogP contribution in [0.3, 0.4) is 0 Å². The first kappa shape index (κ1) is 24.1. The number of anilines is 1. The van der Waals surface area contributed by atoms with E-state index in [2.05, 4.69) is 5.32 Å². The van der Waals surface area contributed by atoms with Crippen LogP contribution in [0.1, 0.15) is 10.4 Å². The molecule has 8 nitrogen and oxygen atoms in total. The van der Waals surface area contributed by atoms with Gasteiger partial charge in [0.1, 0.15) is 10.7 Å². The average molecular weight is 483 g/mol. The number of benzene rings is 2. The number of amides is 2. The highest BCUT2D eigenvalue weighted by molar-refractivity contribution is 7.89. The number of carbonyl (C=O) groups is 2. The zero-order chi connectivity index (χ0) is 23.5. The molecule has 0 radical (unpaired) electrons. The van der Waals surface area contributed by atoms with Gasteiger partial charge in [0.2, 0.25) is 15.9 Å². The molecule has 1 saturated heterocycles. The number of hydrogen-bond acceptors (Lipinski definition) is 5. The molecular formula is C21H24ClFN4O4S. The number of hydrogen-bond donors (Lipinski definition) is 1. The molecule has 2 aromatic carbocycles. The van der Waals surface area contributed by atoms with Crippen molar-refractivity contribution in [1.29, 1.82) is 0 Å². The molecule has 0 atom stereocenters. The molecule has 1 N–H and O–H groups in total. The lowest BCUT2D eigenvalue weighted by Crippen LogP contribution is -2.50. The minimum Gasteiger partial charge on any atom is -0.336 e. The van der Waals surface area contributed by atoms with Crippen LogP contribution in [0.2, 0.25) is 5.02 Å². The molecule has 1 aliphatic heterocycles. The van der Waals surface area contributed by atoms with Crippen molar-refractivity contribution in [3.05, 3.63) is 58.9 Å². The van der Waals surface area contributed by atoms with Crippen LogP contribution in [0.25, 0.3) is 0 Å². The molecule has 1 fully saturated rings. The summed E-state index contributed by atoms with van der Waals surface area (Å²) in [5.74, 6) is -1.01. The number of rotatable bonds is 6. The van der Waals surface area contributed by atoms with Gasteiger partial charge in [-0.1, -0.05) is 17.7 Å². The molecule has 2 amide bonds. The molecule has 3 rings (SSSR count). The van der Waals surface area contributed by atoms with Gasteiger partial charge in [0.15, 0.2) is 0 Å². The molecule has 32 heavy (non-hydrogen) atoms. The van der Waals surface area contributed by atoms with Crippen molar-refractivity contribution < 1.29 is 22.4 Å². The molecule has 11 heteroatoms. The van der Waals surface area contributed by atoms with Crippen molar-refractivity contribution in [3.63, 3.8) is 0 Å². The monoisotopic (exact) mass is 482 g/mol. The van der Waals surface area contributed by atoms with Crippen LogP contribution in [0, 0.1) is 5.82 Å². The second-order valence-corrected chi connectivity index (χ2v) is 10.1. The van der Waals surface area contributed by atoms with Crippen LogP contribution in [-0.4, -0.2) is 81.2 Å². The van der Waals surface area contributed by atoms with Gasteiger partial charge in [0.05, 0.1) is 11.6 Å².